The van der Waals surface area contributed by atoms with Crippen LogP contribution in [0.4, 0.5) is 0 Å². The fraction of sp³-hybridized carbons (Fsp3) is 0.364. The maximum Gasteiger partial charge on any atom is 0.227 e. The fourth-order valence-electron chi connectivity index (χ4n) is 3.77. The topological polar surface area (TPSA) is 46.3 Å². The minimum Gasteiger partial charge on any atom is -0.341 e. The van der Waals surface area contributed by atoms with Crippen molar-refractivity contribution in [2.45, 2.75) is 19.4 Å². The number of carbonyl (C=O) groups excluding carboxylic acids is 1. The van der Waals surface area contributed by atoms with Gasteiger partial charge in [0.25, 0.3) is 0 Å². The van der Waals surface area contributed by atoms with Crippen molar-refractivity contribution in [1.82, 2.24) is 24.1 Å². The number of amides is 1. The Morgan fingerprint density at radius 2 is 1.79 bits per heavy atom. The van der Waals surface area contributed by atoms with E-state index < -0.39 is 0 Å². The molecule has 1 aliphatic heterocycles. The summed E-state index contributed by atoms with van der Waals surface area (Å²) in [4.78, 5) is 17.2. The lowest BCUT2D eigenvalue weighted by molar-refractivity contribution is -0.130. The summed E-state index contributed by atoms with van der Waals surface area (Å²) in [5, 5.41) is 4.24. The van der Waals surface area contributed by atoms with Crippen LogP contribution in [0.5, 0.6) is 0 Å². The van der Waals surface area contributed by atoms with E-state index in [4.69, 9.17) is 0 Å². The Morgan fingerprint density at radius 3 is 2.50 bits per heavy atom. The highest BCUT2D eigenvalue weighted by molar-refractivity contribution is 5.78. The van der Waals surface area contributed by atoms with Crippen molar-refractivity contribution < 1.29 is 4.79 Å². The molecule has 0 radical (unpaired) electrons. The minimum atomic E-state index is 0.219. The third kappa shape index (κ3) is 4.51. The first kappa shape index (κ1) is 18.5. The highest BCUT2D eigenvalue weighted by Gasteiger charge is 2.19. The third-order valence-corrected chi connectivity index (χ3v) is 5.30. The molecule has 28 heavy (non-hydrogen) atoms. The predicted molar refractivity (Wildman–Crippen MR) is 109 cm³/mol. The van der Waals surface area contributed by atoms with Crippen molar-refractivity contribution >= 4 is 5.91 Å². The number of carbonyl (C=O) groups is 1. The lowest BCUT2D eigenvalue weighted by atomic mass is 10.1. The maximum atomic E-state index is 12.8. The molecule has 4 rings (SSSR count). The highest BCUT2D eigenvalue weighted by atomic mass is 16.2. The molecule has 0 atom stereocenters. The van der Waals surface area contributed by atoms with E-state index in [1.165, 1.54) is 5.56 Å². The molecule has 1 fully saturated rings. The lowest BCUT2D eigenvalue weighted by Gasteiger charge is -2.22. The molecule has 0 bridgehead atoms. The smallest absolute Gasteiger partial charge is 0.227 e. The SMILES string of the molecule is Cn1cc(CN2CCCN(C(=O)Cc3ccc(-n4cccc4)cc3)CC2)cn1. The van der Waals surface area contributed by atoms with Gasteiger partial charge in [0.2, 0.25) is 5.91 Å². The second-order valence-corrected chi connectivity index (χ2v) is 7.47. The van der Waals surface area contributed by atoms with Crippen LogP contribution in [0.15, 0.2) is 61.2 Å². The van der Waals surface area contributed by atoms with Gasteiger partial charge in [-0.3, -0.25) is 14.4 Å². The van der Waals surface area contributed by atoms with Crippen LogP contribution in [0.1, 0.15) is 17.5 Å². The number of hydrogen-bond donors (Lipinski definition) is 0. The largest absolute Gasteiger partial charge is 0.341 e. The van der Waals surface area contributed by atoms with E-state index in [-0.39, 0.29) is 5.91 Å². The van der Waals surface area contributed by atoms with E-state index in [2.05, 4.69) is 45.0 Å². The quantitative estimate of drug-likeness (QED) is 0.686. The van der Waals surface area contributed by atoms with Gasteiger partial charge in [0.15, 0.2) is 0 Å². The summed E-state index contributed by atoms with van der Waals surface area (Å²) in [6.45, 7) is 4.46. The van der Waals surface area contributed by atoms with E-state index in [1.54, 1.807) is 0 Å². The summed E-state index contributed by atoms with van der Waals surface area (Å²) in [6, 6.07) is 12.3. The van der Waals surface area contributed by atoms with E-state index in [0.29, 0.717) is 6.42 Å². The molecule has 146 valence electrons. The molecule has 3 aromatic rings. The minimum absolute atomic E-state index is 0.219. The van der Waals surface area contributed by atoms with Crippen LogP contribution in [0.25, 0.3) is 5.69 Å². The number of nitrogens with zero attached hydrogens (tertiary/aromatic N) is 5. The van der Waals surface area contributed by atoms with Gasteiger partial charge in [0.05, 0.1) is 12.6 Å². The van der Waals surface area contributed by atoms with Crippen LogP contribution in [-0.2, 0) is 24.8 Å². The Balaban J connectivity index is 1.31. The first-order valence-corrected chi connectivity index (χ1v) is 9.87. The monoisotopic (exact) mass is 377 g/mol. The van der Waals surface area contributed by atoms with E-state index >= 15 is 0 Å². The molecule has 0 saturated carbocycles. The summed E-state index contributed by atoms with van der Waals surface area (Å²) in [5.74, 6) is 0.219. The van der Waals surface area contributed by atoms with E-state index in [0.717, 1.165) is 50.4 Å². The molecule has 6 heteroatoms. The summed E-state index contributed by atoms with van der Waals surface area (Å²) < 4.78 is 3.90. The van der Waals surface area contributed by atoms with Crippen LogP contribution in [-0.4, -0.2) is 56.2 Å². The van der Waals surface area contributed by atoms with Crippen molar-refractivity contribution in [3.8, 4) is 5.69 Å². The van der Waals surface area contributed by atoms with Crippen LogP contribution in [0, 0.1) is 0 Å². The second-order valence-electron chi connectivity index (χ2n) is 7.47. The molecule has 1 aliphatic rings. The molecule has 1 aromatic carbocycles. The van der Waals surface area contributed by atoms with Gasteiger partial charge < -0.3 is 9.47 Å². The Morgan fingerprint density at radius 1 is 1.00 bits per heavy atom. The Hall–Kier alpha value is -2.86. The Labute approximate surface area is 166 Å². The average molecular weight is 377 g/mol. The van der Waals surface area contributed by atoms with Crippen LogP contribution >= 0.6 is 0 Å². The number of benzene rings is 1. The predicted octanol–water partition coefficient (Wildman–Crippen LogP) is 2.49. The Bertz CT molecular complexity index is 897. The number of aromatic nitrogens is 3. The first-order chi connectivity index (χ1) is 13.7. The molecule has 1 amide bonds. The van der Waals surface area contributed by atoms with Crippen molar-refractivity contribution in [2.24, 2.45) is 7.05 Å². The summed E-state index contributed by atoms with van der Waals surface area (Å²) in [5.41, 5.74) is 3.41. The molecule has 0 unspecified atom stereocenters. The molecule has 0 spiro atoms. The second kappa shape index (κ2) is 8.44. The number of rotatable bonds is 5. The standard InChI is InChI=1S/C22H27N5O/c1-24-17-20(16-23-24)18-25-9-4-12-27(14-13-25)22(28)15-19-5-7-21(8-6-19)26-10-2-3-11-26/h2-3,5-8,10-11,16-17H,4,9,12-15,18H2,1H3. The zero-order valence-electron chi connectivity index (χ0n) is 16.4. The molecule has 6 nitrogen and oxygen atoms in total. The maximum absolute atomic E-state index is 12.8. The average Bonchev–Trinajstić information content (AvgIpc) is 3.31. The summed E-state index contributed by atoms with van der Waals surface area (Å²) in [7, 11) is 1.94. The van der Waals surface area contributed by atoms with Gasteiger partial charge in [-0.2, -0.15) is 5.10 Å². The zero-order chi connectivity index (χ0) is 19.3. The molecular formula is C22H27N5O. The number of aryl methyl sites for hydroxylation is 1. The van der Waals surface area contributed by atoms with Crippen molar-refractivity contribution in [3.05, 3.63) is 72.3 Å². The van der Waals surface area contributed by atoms with Gasteiger partial charge in [-0.1, -0.05) is 12.1 Å². The normalized spacial score (nSPS) is 15.5. The van der Waals surface area contributed by atoms with Crippen molar-refractivity contribution in [2.75, 3.05) is 26.2 Å². The van der Waals surface area contributed by atoms with Crippen molar-refractivity contribution in [1.29, 1.82) is 0 Å². The molecule has 0 N–H and O–H groups in total. The first-order valence-electron chi connectivity index (χ1n) is 9.87. The van der Waals surface area contributed by atoms with Gasteiger partial charge in [0.1, 0.15) is 0 Å². The number of hydrogen-bond acceptors (Lipinski definition) is 3. The zero-order valence-corrected chi connectivity index (χ0v) is 16.4. The molecule has 3 heterocycles. The molecule has 2 aromatic heterocycles. The van der Waals surface area contributed by atoms with Gasteiger partial charge in [-0.25, -0.2) is 0 Å². The van der Waals surface area contributed by atoms with E-state index in [9.17, 15) is 4.79 Å². The molecule has 1 saturated heterocycles. The fourth-order valence-corrected chi connectivity index (χ4v) is 3.77. The van der Waals surface area contributed by atoms with Gasteiger partial charge >= 0.3 is 0 Å². The van der Waals surface area contributed by atoms with Crippen LogP contribution < -0.4 is 0 Å². The van der Waals surface area contributed by atoms with Gasteiger partial charge in [-0.05, 0) is 36.2 Å². The summed E-state index contributed by atoms with van der Waals surface area (Å²) >= 11 is 0. The Kier molecular flexibility index (Phi) is 5.58. The molecule has 0 aliphatic carbocycles. The molecular weight excluding hydrogens is 350 g/mol. The van der Waals surface area contributed by atoms with Gasteiger partial charge in [0, 0.05) is 69.6 Å². The van der Waals surface area contributed by atoms with Gasteiger partial charge in [-0.15, -0.1) is 0 Å². The van der Waals surface area contributed by atoms with E-state index in [1.807, 2.05) is 47.4 Å². The van der Waals surface area contributed by atoms with Crippen molar-refractivity contribution in [3.63, 3.8) is 0 Å². The summed E-state index contributed by atoms with van der Waals surface area (Å²) in [6.07, 6.45) is 9.51. The third-order valence-electron chi connectivity index (χ3n) is 5.30. The van der Waals surface area contributed by atoms with Crippen LogP contribution in [0.3, 0.4) is 0 Å². The van der Waals surface area contributed by atoms with Crippen LogP contribution in [0.2, 0.25) is 0 Å². The highest BCUT2D eigenvalue weighted by Crippen LogP contribution is 2.13. The lowest BCUT2D eigenvalue weighted by Crippen LogP contribution is -2.36.